The molecule has 5 heteroatoms. The summed E-state index contributed by atoms with van der Waals surface area (Å²) in [7, 11) is 0. The summed E-state index contributed by atoms with van der Waals surface area (Å²) in [6, 6.07) is 0.797. The third kappa shape index (κ3) is 3.80. The smallest absolute Gasteiger partial charge is 0.310 e. The highest BCUT2D eigenvalue weighted by molar-refractivity contribution is 7.99. The molecule has 1 saturated heterocycles. The van der Waals surface area contributed by atoms with Crippen molar-refractivity contribution in [1.82, 2.24) is 5.32 Å². The Bertz CT molecular complexity index is 261. The van der Waals surface area contributed by atoms with Gasteiger partial charge in [0.05, 0.1) is 5.92 Å². The van der Waals surface area contributed by atoms with Crippen LogP contribution in [0.3, 0.4) is 0 Å². The minimum Gasteiger partial charge on any atom is -0.310 e. The van der Waals surface area contributed by atoms with Crippen molar-refractivity contribution in [2.24, 2.45) is 5.92 Å². The van der Waals surface area contributed by atoms with Crippen LogP contribution >= 0.6 is 11.8 Å². The molecule has 2 rings (SSSR count). The van der Waals surface area contributed by atoms with E-state index in [0.29, 0.717) is 43.0 Å². The van der Waals surface area contributed by atoms with Gasteiger partial charge in [-0.05, 0) is 44.3 Å². The van der Waals surface area contributed by atoms with Crippen LogP contribution in [0.2, 0.25) is 0 Å². The minimum absolute atomic E-state index is 0.301. The van der Waals surface area contributed by atoms with Gasteiger partial charge in [-0.2, -0.15) is 24.9 Å². The molecule has 2 unspecified atom stereocenters. The van der Waals surface area contributed by atoms with Gasteiger partial charge in [-0.3, -0.25) is 0 Å². The Labute approximate surface area is 111 Å². The Balaban J connectivity index is 1.76. The molecule has 1 saturated carbocycles. The van der Waals surface area contributed by atoms with Crippen LogP contribution in [-0.4, -0.2) is 29.3 Å². The van der Waals surface area contributed by atoms with Crippen LogP contribution in [0.1, 0.15) is 45.4 Å². The molecule has 106 valence electrons. The van der Waals surface area contributed by atoms with Crippen LogP contribution in [0.25, 0.3) is 0 Å². The molecule has 0 aromatic rings. The van der Waals surface area contributed by atoms with Crippen molar-refractivity contribution in [3.05, 3.63) is 0 Å². The van der Waals surface area contributed by atoms with E-state index in [1.807, 2.05) is 11.8 Å². The first-order valence-corrected chi connectivity index (χ1v) is 7.96. The van der Waals surface area contributed by atoms with E-state index in [4.69, 9.17) is 0 Å². The van der Waals surface area contributed by atoms with Crippen LogP contribution in [0.5, 0.6) is 0 Å². The van der Waals surface area contributed by atoms with E-state index in [1.54, 1.807) is 0 Å². The van der Waals surface area contributed by atoms with Gasteiger partial charge in [0.25, 0.3) is 0 Å². The van der Waals surface area contributed by atoms with Gasteiger partial charge in [0.15, 0.2) is 0 Å². The first kappa shape index (κ1) is 14.5. The van der Waals surface area contributed by atoms with Crippen molar-refractivity contribution in [3.8, 4) is 0 Å². The van der Waals surface area contributed by atoms with Gasteiger partial charge in [-0.25, -0.2) is 0 Å². The predicted molar refractivity (Wildman–Crippen MR) is 69.9 cm³/mol. The Morgan fingerprint density at radius 1 is 1.06 bits per heavy atom. The summed E-state index contributed by atoms with van der Waals surface area (Å²) >= 11 is 1.98. The zero-order valence-corrected chi connectivity index (χ0v) is 11.6. The third-order valence-corrected chi connectivity index (χ3v) is 5.63. The van der Waals surface area contributed by atoms with Crippen molar-refractivity contribution >= 4 is 11.8 Å². The maximum Gasteiger partial charge on any atom is 0.391 e. The second-order valence-electron chi connectivity index (χ2n) is 5.58. The predicted octanol–water partition coefficient (Wildman–Crippen LogP) is 3.98. The number of hydrogen-bond donors (Lipinski definition) is 1. The number of hydrogen-bond acceptors (Lipinski definition) is 2. The molecule has 0 spiro atoms. The van der Waals surface area contributed by atoms with Crippen LogP contribution < -0.4 is 5.32 Å². The fourth-order valence-electron chi connectivity index (χ4n) is 3.03. The van der Waals surface area contributed by atoms with E-state index in [9.17, 15) is 13.2 Å². The van der Waals surface area contributed by atoms with Gasteiger partial charge in [0.1, 0.15) is 0 Å². The molecule has 2 aliphatic rings. The molecule has 18 heavy (non-hydrogen) atoms. The minimum atomic E-state index is -3.99. The molecule has 1 heterocycles. The van der Waals surface area contributed by atoms with Gasteiger partial charge in [0, 0.05) is 17.3 Å². The molecule has 0 bridgehead atoms. The van der Waals surface area contributed by atoms with Gasteiger partial charge in [0.2, 0.25) is 0 Å². The maximum atomic E-state index is 12.6. The lowest BCUT2D eigenvalue weighted by Gasteiger charge is -2.36. The molecule has 0 radical (unpaired) electrons. The zero-order chi connectivity index (χ0) is 13.2. The van der Waals surface area contributed by atoms with Gasteiger partial charge in [-0.1, -0.05) is 6.92 Å². The van der Waals surface area contributed by atoms with Crippen LogP contribution in [0, 0.1) is 5.92 Å². The molecule has 1 N–H and O–H groups in total. The van der Waals surface area contributed by atoms with Crippen molar-refractivity contribution in [2.75, 3.05) is 5.75 Å². The lowest BCUT2D eigenvalue weighted by Crippen LogP contribution is -2.47. The number of thioether (sulfide) groups is 1. The highest BCUT2D eigenvalue weighted by atomic mass is 32.2. The standard InChI is InChI=1S/C13H22F3NS/c1-9-12(3-2-8-18-9)17-11-6-4-10(5-7-11)13(14,15)16/h9-12,17H,2-8H2,1H3. The lowest BCUT2D eigenvalue weighted by atomic mass is 9.85. The van der Waals surface area contributed by atoms with Crippen molar-refractivity contribution in [1.29, 1.82) is 0 Å². The van der Waals surface area contributed by atoms with E-state index in [0.717, 1.165) is 0 Å². The molecular formula is C13H22F3NS. The number of nitrogens with one attached hydrogen (secondary N) is 1. The maximum absolute atomic E-state index is 12.6. The normalized spacial score (nSPS) is 38.7. The van der Waals surface area contributed by atoms with Gasteiger partial charge in [-0.15, -0.1) is 0 Å². The van der Waals surface area contributed by atoms with E-state index < -0.39 is 12.1 Å². The summed E-state index contributed by atoms with van der Waals surface area (Å²) in [6.07, 6.45) is 0.373. The first-order chi connectivity index (χ1) is 8.47. The van der Waals surface area contributed by atoms with Crippen LogP contribution in [0.15, 0.2) is 0 Å². The molecule has 0 aromatic carbocycles. The SMILES string of the molecule is CC1SCCCC1NC1CCC(C(F)(F)F)CC1. The Hall–Kier alpha value is 0.100. The van der Waals surface area contributed by atoms with E-state index in [2.05, 4.69) is 12.2 Å². The quantitative estimate of drug-likeness (QED) is 0.821. The number of halogens is 3. The average Bonchev–Trinajstić information content (AvgIpc) is 2.32. The largest absolute Gasteiger partial charge is 0.391 e. The molecular weight excluding hydrogens is 259 g/mol. The summed E-state index contributed by atoms with van der Waals surface area (Å²) in [5, 5.41) is 4.19. The van der Waals surface area contributed by atoms with Gasteiger partial charge >= 0.3 is 6.18 Å². The second-order valence-corrected chi connectivity index (χ2v) is 7.07. The van der Waals surface area contributed by atoms with Crippen LogP contribution in [-0.2, 0) is 0 Å². The average molecular weight is 281 g/mol. The molecule has 1 aliphatic heterocycles. The Morgan fingerprint density at radius 2 is 1.72 bits per heavy atom. The highest BCUT2D eigenvalue weighted by Gasteiger charge is 2.41. The fourth-order valence-corrected chi connectivity index (χ4v) is 4.18. The van der Waals surface area contributed by atoms with Crippen molar-refractivity contribution < 1.29 is 13.2 Å². The summed E-state index contributed by atoms with van der Waals surface area (Å²) < 4.78 is 37.7. The number of alkyl halides is 3. The molecule has 1 nitrogen and oxygen atoms in total. The Kier molecular flexibility index (Phi) is 4.86. The van der Waals surface area contributed by atoms with E-state index in [-0.39, 0.29) is 0 Å². The molecule has 0 aromatic heterocycles. The fraction of sp³-hybridized carbons (Fsp3) is 1.00. The summed E-state index contributed by atoms with van der Waals surface area (Å²) in [4.78, 5) is 0. The summed E-state index contributed by atoms with van der Waals surface area (Å²) in [6.45, 7) is 2.23. The number of rotatable bonds is 2. The first-order valence-electron chi connectivity index (χ1n) is 6.91. The highest BCUT2D eigenvalue weighted by Crippen LogP contribution is 2.38. The van der Waals surface area contributed by atoms with Crippen molar-refractivity contribution in [3.63, 3.8) is 0 Å². The van der Waals surface area contributed by atoms with Crippen LogP contribution in [0.4, 0.5) is 13.2 Å². The molecule has 0 amide bonds. The second kappa shape index (κ2) is 6.04. The topological polar surface area (TPSA) is 12.0 Å². The molecule has 2 fully saturated rings. The lowest BCUT2D eigenvalue weighted by molar-refractivity contribution is -0.182. The third-order valence-electron chi connectivity index (χ3n) is 4.25. The molecule has 2 atom stereocenters. The zero-order valence-electron chi connectivity index (χ0n) is 10.8. The monoisotopic (exact) mass is 281 g/mol. The van der Waals surface area contributed by atoms with E-state index >= 15 is 0 Å². The van der Waals surface area contributed by atoms with E-state index in [1.165, 1.54) is 18.6 Å². The van der Waals surface area contributed by atoms with Crippen molar-refractivity contribution in [2.45, 2.75) is 69.0 Å². The molecule has 1 aliphatic carbocycles. The summed E-state index contributed by atoms with van der Waals surface area (Å²) in [5.41, 5.74) is 0. The van der Waals surface area contributed by atoms with Gasteiger partial charge < -0.3 is 5.32 Å². The summed E-state index contributed by atoms with van der Waals surface area (Å²) in [5.74, 6) is 0.161. The Morgan fingerprint density at radius 3 is 2.28 bits per heavy atom.